The number of likely N-dealkylation sites (tertiary alicyclic amines) is 1. The Hall–Kier alpha value is -5.96. The van der Waals surface area contributed by atoms with Gasteiger partial charge < -0.3 is 61.4 Å². The average molecular weight is 1120 g/mol. The molecule has 0 spiro atoms. The van der Waals surface area contributed by atoms with E-state index >= 15 is 0 Å². The Morgan fingerprint density at radius 1 is 0.787 bits per heavy atom. The lowest BCUT2D eigenvalue weighted by Crippen LogP contribution is -2.55. The number of nitrogens with one attached hydrogen (secondary N) is 3. The van der Waals surface area contributed by atoms with E-state index in [-0.39, 0.29) is 91.3 Å². The maximum absolute atomic E-state index is 14.8. The van der Waals surface area contributed by atoms with Crippen LogP contribution in [0.3, 0.4) is 0 Å². The van der Waals surface area contributed by atoms with Crippen LogP contribution in [-0.4, -0.2) is 151 Å². The fourth-order valence-corrected chi connectivity index (χ4v) is 10.8. The molecular weight excluding hydrogens is 1020 g/mol. The summed E-state index contributed by atoms with van der Waals surface area (Å²) >= 11 is 0. The molecule has 80 heavy (non-hydrogen) atoms. The zero-order valence-corrected chi connectivity index (χ0v) is 50.1. The van der Waals surface area contributed by atoms with Gasteiger partial charge in [0.15, 0.2) is 11.6 Å². The molecule has 1 aliphatic heterocycles. The summed E-state index contributed by atoms with van der Waals surface area (Å²) in [6.07, 6.45) is -0.627. The van der Waals surface area contributed by atoms with E-state index in [1.165, 1.54) is 26.2 Å². The molecule has 20 nitrogen and oxygen atoms in total. The number of aliphatic hydroxyl groups is 1. The summed E-state index contributed by atoms with van der Waals surface area (Å²) in [6.45, 7) is 19.1. The van der Waals surface area contributed by atoms with Crippen LogP contribution in [-0.2, 0) is 49.6 Å². The molecule has 2 unspecified atom stereocenters. The number of likely N-dealkylation sites (N-methyl/N-ethyl adjacent to an activating group) is 2. The Labute approximate surface area is 475 Å². The summed E-state index contributed by atoms with van der Waals surface area (Å²) in [7, 11) is 6.24. The van der Waals surface area contributed by atoms with Gasteiger partial charge in [0.05, 0.1) is 60.9 Å². The molecule has 1 fully saturated rings. The first-order chi connectivity index (χ1) is 37.7. The van der Waals surface area contributed by atoms with Crippen molar-refractivity contribution in [3.8, 4) is 0 Å². The molecule has 3 rings (SSSR count). The molecule has 0 saturated carbocycles. The Morgan fingerprint density at radius 3 is 1.98 bits per heavy atom. The van der Waals surface area contributed by atoms with Crippen LogP contribution < -0.4 is 27.4 Å². The predicted molar refractivity (Wildman–Crippen MR) is 307 cm³/mol. The Kier molecular flexibility index (Phi) is 28.3. The third-order valence-electron chi connectivity index (χ3n) is 16.0. The number of carbonyl (C=O) groups is 8. The number of primary amides is 1. The predicted octanol–water partition coefficient (Wildman–Crippen LogP) is 6.62. The van der Waals surface area contributed by atoms with Gasteiger partial charge in [-0.2, -0.15) is 0 Å². The first kappa shape index (κ1) is 68.3. The van der Waals surface area contributed by atoms with Crippen LogP contribution in [0.15, 0.2) is 54.6 Å². The number of ether oxygens (including phenoxy) is 3. The molecule has 1 aliphatic rings. The second kappa shape index (κ2) is 33.1. The number of amides is 7. The maximum Gasteiger partial charge on any atom is 0.410 e. The molecule has 2 aromatic rings. The highest BCUT2D eigenvalue weighted by atomic mass is 16.6. The number of benzene rings is 2. The molecule has 1 heterocycles. The molecule has 0 bridgehead atoms. The summed E-state index contributed by atoms with van der Waals surface area (Å²) in [5.41, 5.74) is 13.0. The number of rotatable bonds is 33. The van der Waals surface area contributed by atoms with Crippen molar-refractivity contribution in [2.24, 2.45) is 52.9 Å². The van der Waals surface area contributed by atoms with E-state index in [4.69, 9.17) is 25.7 Å². The van der Waals surface area contributed by atoms with Crippen molar-refractivity contribution in [2.75, 3.05) is 46.7 Å². The van der Waals surface area contributed by atoms with E-state index in [0.717, 1.165) is 0 Å². The average Bonchev–Trinajstić information content (AvgIpc) is 3.91. The zero-order valence-electron chi connectivity index (χ0n) is 50.1. The van der Waals surface area contributed by atoms with Crippen molar-refractivity contribution in [3.63, 3.8) is 0 Å². The van der Waals surface area contributed by atoms with Crippen LogP contribution in [0.1, 0.15) is 138 Å². The number of urea groups is 1. The van der Waals surface area contributed by atoms with Crippen LogP contribution in [0.4, 0.5) is 15.3 Å². The lowest BCUT2D eigenvalue weighted by atomic mass is 9.83. The van der Waals surface area contributed by atoms with E-state index in [0.29, 0.717) is 55.5 Å². The van der Waals surface area contributed by atoms with Gasteiger partial charge in [0, 0.05) is 71.8 Å². The normalized spacial score (nSPS) is 17.7. The smallest absolute Gasteiger partial charge is 0.410 e. The van der Waals surface area contributed by atoms with Gasteiger partial charge in [-0.05, 0) is 79.5 Å². The van der Waals surface area contributed by atoms with E-state index in [1.807, 2.05) is 73.6 Å². The van der Waals surface area contributed by atoms with Crippen LogP contribution >= 0.6 is 0 Å². The van der Waals surface area contributed by atoms with E-state index in [1.54, 1.807) is 67.1 Å². The number of anilines is 1. The van der Waals surface area contributed by atoms with Crippen molar-refractivity contribution in [3.05, 3.63) is 65.7 Å². The highest BCUT2D eigenvalue weighted by Crippen LogP contribution is 2.32. The second-order valence-electron chi connectivity index (χ2n) is 22.9. The number of hydrogen-bond donors (Lipinski definition) is 6. The Bertz CT molecular complexity index is 2320. The number of Topliss-reactive ketones (excluding diaryl/α,β-unsaturated/α-hetero) is 2. The molecule has 1 saturated heterocycles. The summed E-state index contributed by atoms with van der Waals surface area (Å²) in [6, 6.07) is 11.8. The van der Waals surface area contributed by atoms with Gasteiger partial charge in [0.1, 0.15) is 6.61 Å². The van der Waals surface area contributed by atoms with Crippen LogP contribution in [0.25, 0.3) is 0 Å². The third kappa shape index (κ3) is 19.6. The van der Waals surface area contributed by atoms with Gasteiger partial charge in [-0.1, -0.05) is 111 Å². The number of hydrogen-bond acceptors (Lipinski definition) is 13. The summed E-state index contributed by atoms with van der Waals surface area (Å²) in [4.78, 5) is 113. The molecular formula is C60H96N8O12. The van der Waals surface area contributed by atoms with Crippen LogP contribution in [0.2, 0.25) is 0 Å². The van der Waals surface area contributed by atoms with Crippen molar-refractivity contribution in [1.82, 2.24) is 25.3 Å². The third-order valence-corrected chi connectivity index (χ3v) is 16.0. The fraction of sp³-hybridized carbons (Fsp3) is 0.667. The van der Waals surface area contributed by atoms with Crippen molar-refractivity contribution >= 4 is 53.0 Å². The molecule has 0 aliphatic carbocycles. The molecule has 2 aromatic carbocycles. The van der Waals surface area contributed by atoms with Crippen molar-refractivity contribution in [1.29, 1.82) is 0 Å². The monoisotopic (exact) mass is 1120 g/mol. The van der Waals surface area contributed by atoms with E-state index in [9.17, 15) is 43.5 Å². The summed E-state index contributed by atoms with van der Waals surface area (Å²) in [5, 5.41) is 19.2. The zero-order chi connectivity index (χ0) is 60.1. The highest BCUT2D eigenvalue weighted by Gasteiger charge is 2.44. The number of nitrogens with two attached hydrogens (primary N) is 2. The summed E-state index contributed by atoms with van der Waals surface area (Å²) < 4.78 is 17.7. The molecule has 448 valence electrons. The van der Waals surface area contributed by atoms with Gasteiger partial charge in [-0.15, -0.1) is 0 Å². The van der Waals surface area contributed by atoms with Crippen LogP contribution in [0.5, 0.6) is 0 Å². The standard InChI is InChI=1S/C60H96N8O12/c1-15-38(8)53(49(78-13)33-50(71)68-30-20-24-46(68)55(79-14)39(9)56(73)64-40(10)54(72)42-21-17-16-18-22-42)66(11)58(75)45(35(2)3)32-48(70)52(37(6)7)67(12)60(77)80-34-41-25-27-44(28-26-41)65-57(74)43(23-19-29-63-59(62)76)31-47(69)51(61)36(4)5/h16-18,21-22,25-28,35-40,43,45-46,49,51-55,72H,15,19-20,23-24,29-34,61H2,1-14H3,(H,64,73)(H,65,74)(H3,62,63,76)/t38-,39+,40+,43+,45-,46-,49+,51?,52-,53?,54+,55+/m0/s1. The first-order valence-electron chi connectivity index (χ1n) is 28.5. The minimum atomic E-state index is -0.932. The lowest BCUT2D eigenvalue weighted by Gasteiger charge is -2.41. The van der Waals surface area contributed by atoms with Gasteiger partial charge in [0.25, 0.3) is 0 Å². The first-order valence-corrected chi connectivity index (χ1v) is 28.5. The number of aliphatic hydroxyl groups excluding tert-OH is 1. The molecule has 12 atom stereocenters. The molecule has 0 radical (unpaired) electrons. The molecule has 7 amide bonds. The topological polar surface area (TPSA) is 282 Å². The number of methoxy groups -OCH3 is 2. The Morgan fingerprint density at radius 2 is 1.43 bits per heavy atom. The minimum Gasteiger partial charge on any atom is -0.445 e. The van der Waals surface area contributed by atoms with Gasteiger partial charge in [-0.3, -0.25) is 28.8 Å². The van der Waals surface area contributed by atoms with Crippen LogP contribution in [0, 0.1) is 41.4 Å². The van der Waals surface area contributed by atoms with Crippen molar-refractivity contribution in [2.45, 2.75) is 176 Å². The summed E-state index contributed by atoms with van der Waals surface area (Å²) in [5.74, 6) is -4.76. The fourth-order valence-electron chi connectivity index (χ4n) is 10.8. The number of ketones is 2. The van der Waals surface area contributed by atoms with E-state index in [2.05, 4.69) is 16.0 Å². The minimum absolute atomic E-state index is 0.0521. The molecule has 8 N–H and O–H groups in total. The highest BCUT2D eigenvalue weighted by molar-refractivity contribution is 5.96. The Balaban J connectivity index is 1.70. The number of nitrogens with zero attached hydrogens (tertiary/aromatic N) is 3. The van der Waals surface area contributed by atoms with Crippen molar-refractivity contribution < 1.29 is 57.7 Å². The number of carbonyl (C=O) groups excluding carboxylic acids is 8. The SMILES string of the molecule is CC[C@H](C)C([C@@H](CC(=O)N1CCC[C@H]1[C@H](OC)[C@@H](C)C(=O)N[C@H](C)[C@@H](O)c1ccccc1)OC)N(C)C(=O)[C@@H](CC(=O)[C@H](C(C)C)N(C)C(=O)OCc1ccc(NC(=O)[C@H](CCCNC(N)=O)CC(=O)C(N)C(C)C)cc1)C(C)C. The molecule has 20 heteroatoms. The van der Waals surface area contributed by atoms with Gasteiger partial charge >= 0.3 is 12.1 Å². The van der Waals surface area contributed by atoms with Gasteiger partial charge in [0.2, 0.25) is 23.6 Å². The maximum atomic E-state index is 14.8. The lowest BCUT2D eigenvalue weighted by molar-refractivity contribution is -0.149. The quantitative estimate of drug-likeness (QED) is 0.0411. The second-order valence-corrected chi connectivity index (χ2v) is 22.9. The van der Waals surface area contributed by atoms with E-state index < -0.39 is 78.4 Å². The van der Waals surface area contributed by atoms with Gasteiger partial charge in [-0.25, -0.2) is 9.59 Å². The largest absolute Gasteiger partial charge is 0.445 e. The molecule has 0 aromatic heterocycles.